The first kappa shape index (κ1) is 17.6. The molecule has 0 saturated heterocycles. The van der Waals surface area contributed by atoms with Crippen LogP contribution in [0.1, 0.15) is 37.0 Å². The third-order valence-electron chi connectivity index (χ3n) is 5.70. The molecule has 0 fully saturated rings. The Morgan fingerprint density at radius 1 is 1.29 bits per heavy atom. The molecule has 0 radical (unpaired) electrons. The first-order chi connectivity index (χ1) is 11.6. The van der Waals surface area contributed by atoms with E-state index in [-0.39, 0.29) is 18.7 Å². The SMILES string of the molecule is CC(C)C1C=CC[C@H](Cc2ccc3c(c2)CCN(CCF)C3)[C@@H]1O. The summed E-state index contributed by atoms with van der Waals surface area (Å²) in [6.07, 6.45) is 7.10. The van der Waals surface area contributed by atoms with E-state index < -0.39 is 0 Å². The van der Waals surface area contributed by atoms with Crippen molar-refractivity contribution in [1.29, 1.82) is 0 Å². The van der Waals surface area contributed by atoms with Crippen molar-refractivity contribution in [3.8, 4) is 0 Å². The van der Waals surface area contributed by atoms with Gasteiger partial charge >= 0.3 is 0 Å². The summed E-state index contributed by atoms with van der Waals surface area (Å²) in [6, 6.07) is 6.73. The summed E-state index contributed by atoms with van der Waals surface area (Å²) in [5.74, 6) is 1.06. The number of halogens is 1. The molecule has 3 rings (SSSR count). The number of allylic oxidation sites excluding steroid dienone is 1. The van der Waals surface area contributed by atoms with Gasteiger partial charge in [0.2, 0.25) is 0 Å². The number of benzene rings is 1. The quantitative estimate of drug-likeness (QED) is 0.830. The van der Waals surface area contributed by atoms with Gasteiger partial charge in [-0.2, -0.15) is 0 Å². The van der Waals surface area contributed by atoms with Crippen LogP contribution in [-0.2, 0) is 19.4 Å². The minimum atomic E-state index is -0.266. The van der Waals surface area contributed by atoms with E-state index in [0.29, 0.717) is 18.4 Å². The molecule has 1 N–H and O–H groups in total. The van der Waals surface area contributed by atoms with Crippen molar-refractivity contribution in [2.75, 3.05) is 19.8 Å². The molecular formula is C21H30FNO. The highest BCUT2D eigenvalue weighted by atomic mass is 19.1. The van der Waals surface area contributed by atoms with E-state index in [1.54, 1.807) is 0 Å². The predicted octanol–water partition coefficient (Wildman–Crippen LogP) is 3.77. The van der Waals surface area contributed by atoms with Crippen molar-refractivity contribution in [1.82, 2.24) is 4.90 Å². The summed E-state index contributed by atoms with van der Waals surface area (Å²) >= 11 is 0. The van der Waals surface area contributed by atoms with Crippen LogP contribution >= 0.6 is 0 Å². The van der Waals surface area contributed by atoms with Gasteiger partial charge in [-0.3, -0.25) is 4.90 Å². The number of hydrogen-bond acceptors (Lipinski definition) is 2. The fourth-order valence-electron chi connectivity index (χ4n) is 4.20. The summed E-state index contributed by atoms with van der Waals surface area (Å²) < 4.78 is 12.5. The van der Waals surface area contributed by atoms with Crippen molar-refractivity contribution in [3.05, 3.63) is 47.0 Å². The summed E-state index contributed by atoms with van der Waals surface area (Å²) in [6.45, 7) is 6.45. The van der Waals surface area contributed by atoms with Gasteiger partial charge in [0, 0.05) is 25.6 Å². The minimum Gasteiger partial charge on any atom is -0.392 e. The summed E-state index contributed by atoms with van der Waals surface area (Å²) in [5, 5.41) is 10.7. The van der Waals surface area contributed by atoms with E-state index in [9.17, 15) is 9.50 Å². The maximum absolute atomic E-state index is 12.5. The second kappa shape index (κ2) is 7.79. The van der Waals surface area contributed by atoms with Gasteiger partial charge in [-0.25, -0.2) is 4.39 Å². The molecule has 1 heterocycles. The standard InChI is InChI=1S/C21H30FNO/c1-15(2)20-5-3-4-18(21(20)24)13-16-6-7-19-14-23(11-9-22)10-8-17(19)12-16/h3,5-7,12,15,18,20-21,24H,4,8-11,13-14H2,1-2H3/t18-,20?,21+/m1/s1. The van der Waals surface area contributed by atoms with Crippen molar-refractivity contribution >= 4 is 0 Å². The molecule has 1 unspecified atom stereocenters. The normalized spacial score (nSPS) is 27.5. The Morgan fingerprint density at radius 3 is 2.88 bits per heavy atom. The Hall–Kier alpha value is -1.19. The highest BCUT2D eigenvalue weighted by molar-refractivity contribution is 5.34. The van der Waals surface area contributed by atoms with Gasteiger partial charge < -0.3 is 5.11 Å². The van der Waals surface area contributed by atoms with Crippen molar-refractivity contribution < 1.29 is 9.50 Å². The molecule has 0 bridgehead atoms. The average Bonchev–Trinajstić information content (AvgIpc) is 2.57. The third-order valence-corrected chi connectivity index (χ3v) is 5.70. The van der Waals surface area contributed by atoms with Gasteiger partial charge in [0.05, 0.1) is 6.10 Å². The molecule has 1 aromatic carbocycles. The van der Waals surface area contributed by atoms with Crippen LogP contribution in [0.25, 0.3) is 0 Å². The maximum Gasteiger partial charge on any atom is 0.102 e. The minimum absolute atomic E-state index is 0.244. The highest BCUT2D eigenvalue weighted by Gasteiger charge is 2.30. The Balaban J connectivity index is 1.68. The first-order valence-corrected chi connectivity index (χ1v) is 9.32. The number of nitrogens with zero attached hydrogens (tertiary/aromatic N) is 1. The molecule has 1 aliphatic heterocycles. The van der Waals surface area contributed by atoms with Crippen LogP contribution in [0.3, 0.4) is 0 Å². The molecule has 2 nitrogen and oxygen atoms in total. The van der Waals surface area contributed by atoms with E-state index in [2.05, 4.69) is 49.1 Å². The number of hydrogen-bond donors (Lipinski definition) is 1. The molecular weight excluding hydrogens is 301 g/mol. The first-order valence-electron chi connectivity index (χ1n) is 9.32. The zero-order chi connectivity index (χ0) is 17.1. The summed E-state index contributed by atoms with van der Waals surface area (Å²) in [7, 11) is 0. The molecule has 3 atom stereocenters. The lowest BCUT2D eigenvalue weighted by atomic mass is 9.75. The van der Waals surface area contributed by atoms with Crippen LogP contribution < -0.4 is 0 Å². The zero-order valence-electron chi connectivity index (χ0n) is 14.9. The topological polar surface area (TPSA) is 23.5 Å². The predicted molar refractivity (Wildman–Crippen MR) is 96.7 cm³/mol. The van der Waals surface area contributed by atoms with Gasteiger partial charge in [0.15, 0.2) is 0 Å². The van der Waals surface area contributed by atoms with Crippen LogP contribution in [0.2, 0.25) is 0 Å². The average molecular weight is 331 g/mol. The second-order valence-electron chi connectivity index (χ2n) is 7.76. The smallest absolute Gasteiger partial charge is 0.102 e. The van der Waals surface area contributed by atoms with Gasteiger partial charge in [-0.1, -0.05) is 44.2 Å². The number of aliphatic hydroxyl groups excluding tert-OH is 1. The molecule has 2 aliphatic rings. The van der Waals surface area contributed by atoms with E-state index in [4.69, 9.17) is 0 Å². The number of fused-ring (bicyclic) bond motifs is 1. The monoisotopic (exact) mass is 331 g/mol. The fourth-order valence-corrected chi connectivity index (χ4v) is 4.20. The summed E-state index contributed by atoms with van der Waals surface area (Å²) in [5.41, 5.74) is 4.07. The molecule has 0 saturated carbocycles. The maximum atomic E-state index is 12.5. The highest BCUT2D eigenvalue weighted by Crippen LogP contribution is 2.32. The molecule has 24 heavy (non-hydrogen) atoms. The lowest BCUT2D eigenvalue weighted by Gasteiger charge is -2.34. The van der Waals surface area contributed by atoms with E-state index in [1.165, 1.54) is 16.7 Å². The summed E-state index contributed by atoms with van der Waals surface area (Å²) in [4.78, 5) is 2.19. The third kappa shape index (κ3) is 3.89. The molecule has 0 spiro atoms. The van der Waals surface area contributed by atoms with Crippen LogP contribution in [0.5, 0.6) is 0 Å². The van der Waals surface area contributed by atoms with Crippen LogP contribution in [0.4, 0.5) is 4.39 Å². The lowest BCUT2D eigenvalue weighted by Crippen LogP contribution is -2.35. The molecule has 3 heteroatoms. The van der Waals surface area contributed by atoms with E-state index in [1.807, 2.05) is 0 Å². The molecule has 1 aromatic rings. The van der Waals surface area contributed by atoms with E-state index in [0.717, 1.165) is 32.4 Å². The zero-order valence-corrected chi connectivity index (χ0v) is 14.9. The van der Waals surface area contributed by atoms with Crippen LogP contribution in [0.15, 0.2) is 30.4 Å². The van der Waals surface area contributed by atoms with E-state index >= 15 is 0 Å². The number of alkyl halides is 1. The van der Waals surface area contributed by atoms with Gasteiger partial charge in [-0.05, 0) is 47.8 Å². The largest absolute Gasteiger partial charge is 0.392 e. The fraction of sp³-hybridized carbons (Fsp3) is 0.619. The van der Waals surface area contributed by atoms with Crippen molar-refractivity contribution in [2.24, 2.45) is 17.8 Å². The van der Waals surface area contributed by atoms with Crippen molar-refractivity contribution in [3.63, 3.8) is 0 Å². The van der Waals surface area contributed by atoms with Crippen molar-refractivity contribution in [2.45, 2.75) is 45.8 Å². The second-order valence-corrected chi connectivity index (χ2v) is 7.76. The molecule has 132 valence electrons. The Kier molecular flexibility index (Phi) is 5.72. The van der Waals surface area contributed by atoms with Gasteiger partial charge in [0.25, 0.3) is 0 Å². The van der Waals surface area contributed by atoms with Crippen LogP contribution in [-0.4, -0.2) is 35.9 Å². The lowest BCUT2D eigenvalue weighted by molar-refractivity contribution is 0.0450. The van der Waals surface area contributed by atoms with Gasteiger partial charge in [0.1, 0.15) is 6.67 Å². The molecule has 0 aromatic heterocycles. The molecule has 0 amide bonds. The Bertz CT molecular complexity index is 583. The van der Waals surface area contributed by atoms with Crippen LogP contribution in [0, 0.1) is 17.8 Å². The number of rotatable bonds is 5. The Morgan fingerprint density at radius 2 is 2.12 bits per heavy atom. The number of aliphatic hydroxyl groups is 1. The van der Waals surface area contributed by atoms with Gasteiger partial charge in [-0.15, -0.1) is 0 Å². The molecule has 1 aliphatic carbocycles. The Labute approximate surface area is 145 Å².